The Bertz CT molecular complexity index is 751. The quantitative estimate of drug-likeness (QED) is 0.940. The molecule has 22 heavy (non-hydrogen) atoms. The molecule has 1 fully saturated rings. The zero-order valence-corrected chi connectivity index (χ0v) is 11.8. The summed E-state index contributed by atoms with van der Waals surface area (Å²) in [5.74, 6) is 0.564. The third-order valence-electron chi connectivity index (χ3n) is 3.91. The highest BCUT2D eigenvalue weighted by molar-refractivity contribution is 5.66. The van der Waals surface area contributed by atoms with E-state index in [1.54, 1.807) is 19.3 Å². The minimum absolute atomic E-state index is 0.303. The minimum Gasteiger partial charge on any atom is -0.340 e. The van der Waals surface area contributed by atoms with E-state index in [0.29, 0.717) is 29.9 Å². The SMILES string of the molecule is Cn1nccc1Nc1cc(C(F)(F)F)ccc1C1(C#N)CC1. The molecule has 4 nitrogen and oxygen atoms in total. The number of nitriles is 1. The van der Waals surface area contributed by atoms with Gasteiger partial charge in [0.05, 0.1) is 23.2 Å². The van der Waals surface area contributed by atoms with Gasteiger partial charge in [0.2, 0.25) is 0 Å². The Balaban J connectivity index is 2.08. The first kappa shape index (κ1) is 14.4. The van der Waals surface area contributed by atoms with Crippen LogP contribution in [0.5, 0.6) is 0 Å². The van der Waals surface area contributed by atoms with E-state index in [9.17, 15) is 18.4 Å². The van der Waals surface area contributed by atoms with Crippen molar-refractivity contribution in [1.29, 1.82) is 5.26 Å². The summed E-state index contributed by atoms with van der Waals surface area (Å²) < 4.78 is 40.3. The molecule has 0 amide bonds. The van der Waals surface area contributed by atoms with E-state index in [2.05, 4.69) is 16.5 Å². The number of hydrogen-bond acceptors (Lipinski definition) is 3. The monoisotopic (exact) mass is 306 g/mol. The molecule has 1 aliphatic rings. The lowest BCUT2D eigenvalue weighted by molar-refractivity contribution is -0.137. The first-order valence-electron chi connectivity index (χ1n) is 6.74. The van der Waals surface area contributed by atoms with Gasteiger partial charge < -0.3 is 5.32 Å². The maximum atomic E-state index is 12.9. The molecule has 1 aliphatic carbocycles. The van der Waals surface area contributed by atoms with Crippen molar-refractivity contribution in [1.82, 2.24) is 9.78 Å². The van der Waals surface area contributed by atoms with Gasteiger partial charge in [-0.25, -0.2) is 0 Å². The Kier molecular flexibility index (Phi) is 3.13. The second-order valence-electron chi connectivity index (χ2n) is 5.42. The number of nitrogens with zero attached hydrogens (tertiary/aromatic N) is 3. The molecule has 0 aliphatic heterocycles. The van der Waals surface area contributed by atoms with Gasteiger partial charge >= 0.3 is 6.18 Å². The van der Waals surface area contributed by atoms with Gasteiger partial charge in [-0.05, 0) is 30.5 Å². The lowest BCUT2D eigenvalue weighted by atomic mass is 9.94. The fourth-order valence-electron chi connectivity index (χ4n) is 2.44. The zero-order chi connectivity index (χ0) is 16.0. The number of benzene rings is 1. The summed E-state index contributed by atoms with van der Waals surface area (Å²) in [6, 6.07) is 7.37. The third kappa shape index (κ3) is 2.41. The van der Waals surface area contributed by atoms with Gasteiger partial charge in [0.15, 0.2) is 0 Å². The van der Waals surface area contributed by atoms with Gasteiger partial charge in [0.25, 0.3) is 0 Å². The molecule has 0 bridgehead atoms. The highest BCUT2D eigenvalue weighted by Gasteiger charge is 2.47. The molecule has 0 radical (unpaired) electrons. The van der Waals surface area contributed by atoms with Crippen molar-refractivity contribution in [2.45, 2.75) is 24.4 Å². The van der Waals surface area contributed by atoms with Crippen LogP contribution in [0.2, 0.25) is 0 Å². The van der Waals surface area contributed by atoms with Crippen molar-refractivity contribution < 1.29 is 13.2 Å². The number of anilines is 2. The number of nitrogens with one attached hydrogen (secondary N) is 1. The Morgan fingerprint density at radius 3 is 2.55 bits per heavy atom. The highest BCUT2D eigenvalue weighted by Crippen LogP contribution is 2.51. The van der Waals surface area contributed by atoms with Crippen molar-refractivity contribution in [3.05, 3.63) is 41.6 Å². The molecule has 1 saturated carbocycles. The van der Waals surface area contributed by atoms with Gasteiger partial charge in [0.1, 0.15) is 5.82 Å². The summed E-state index contributed by atoms with van der Waals surface area (Å²) in [4.78, 5) is 0. The standard InChI is InChI=1S/C15H13F3N4/c1-22-13(4-7-20-22)21-12-8-10(15(16,17)18)2-3-11(12)14(9-19)5-6-14/h2-4,7-8,21H,5-6H2,1H3. The highest BCUT2D eigenvalue weighted by atomic mass is 19.4. The van der Waals surface area contributed by atoms with Crippen molar-refractivity contribution in [3.63, 3.8) is 0 Å². The molecule has 0 atom stereocenters. The predicted molar refractivity (Wildman–Crippen MR) is 74.5 cm³/mol. The van der Waals surface area contributed by atoms with Crippen LogP contribution in [-0.2, 0) is 18.6 Å². The van der Waals surface area contributed by atoms with Gasteiger partial charge in [-0.15, -0.1) is 0 Å². The zero-order valence-electron chi connectivity index (χ0n) is 11.8. The van der Waals surface area contributed by atoms with Crippen LogP contribution < -0.4 is 5.32 Å². The van der Waals surface area contributed by atoms with Crippen molar-refractivity contribution in [2.75, 3.05) is 5.32 Å². The van der Waals surface area contributed by atoms with Crippen LogP contribution in [0.25, 0.3) is 0 Å². The first-order valence-corrected chi connectivity index (χ1v) is 6.74. The average molecular weight is 306 g/mol. The molecular weight excluding hydrogens is 293 g/mol. The van der Waals surface area contributed by atoms with Crippen LogP contribution in [0.15, 0.2) is 30.5 Å². The Hall–Kier alpha value is -2.49. The van der Waals surface area contributed by atoms with Crippen LogP contribution in [0.3, 0.4) is 0 Å². The summed E-state index contributed by atoms with van der Waals surface area (Å²) in [6.07, 6.45) is -1.55. The smallest absolute Gasteiger partial charge is 0.340 e. The molecule has 3 rings (SSSR count). The number of rotatable bonds is 3. The molecule has 1 aromatic carbocycles. The second-order valence-corrected chi connectivity index (χ2v) is 5.42. The van der Waals surface area contributed by atoms with Crippen molar-refractivity contribution >= 4 is 11.5 Å². The van der Waals surface area contributed by atoms with Crippen molar-refractivity contribution in [3.8, 4) is 6.07 Å². The average Bonchev–Trinajstić information content (AvgIpc) is 3.17. The molecule has 0 saturated heterocycles. The summed E-state index contributed by atoms with van der Waals surface area (Å²) in [5, 5.41) is 16.3. The lowest BCUT2D eigenvalue weighted by Gasteiger charge is -2.17. The molecule has 1 heterocycles. The Morgan fingerprint density at radius 2 is 2.05 bits per heavy atom. The largest absolute Gasteiger partial charge is 0.416 e. The topological polar surface area (TPSA) is 53.6 Å². The van der Waals surface area contributed by atoms with Crippen LogP contribution >= 0.6 is 0 Å². The van der Waals surface area contributed by atoms with Gasteiger partial charge in [-0.1, -0.05) is 6.07 Å². The number of hydrogen-bond donors (Lipinski definition) is 1. The third-order valence-corrected chi connectivity index (χ3v) is 3.91. The predicted octanol–water partition coefficient (Wildman–Crippen LogP) is 3.74. The maximum absolute atomic E-state index is 12.9. The summed E-state index contributed by atoms with van der Waals surface area (Å²) in [6.45, 7) is 0. The Labute approximate surface area is 125 Å². The van der Waals surface area contributed by atoms with Crippen LogP contribution in [0.4, 0.5) is 24.7 Å². The molecule has 0 unspecified atom stereocenters. The Morgan fingerprint density at radius 1 is 1.32 bits per heavy atom. The van der Waals surface area contributed by atoms with Crippen LogP contribution in [-0.4, -0.2) is 9.78 Å². The molecule has 2 aromatic rings. The van der Waals surface area contributed by atoms with E-state index in [1.807, 2.05) is 0 Å². The van der Waals surface area contributed by atoms with Crippen LogP contribution in [0.1, 0.15) is 24.0 Å². The molecular formula is C15H13F3N4. The maximum Gasteiger partial charge on any atom is 0.416 e. The van der Waals surface area contributed by atoms with E-state index < -0.39 is 17.2 Å². The minimum atomic E-state index is -4.43. The van der Waals surface area contributed by atoms with E-state index in [4.69, 9.17) is 0 Å². The summed E-state index contributed by atoms with van der Waals surface area (Å²) in [5.41, 5.74) is -0.512. The fraction of sp³-hybridized carbons (Fsp3) is 0.333. The lowest BCUT2D eigenvalue weighted by Crippen LogP contribution is -2.12. The number of aryl methyl sites for hydroxylation is 1. The van der Waals surface area contributed by atoms with E-state index in [1.165, 1.54) is 10.7 Å². The van der Waals surface area contributed by atoms with E-state index in [0.717, 1.165) is 12.1 Å². The van der Waals surface area contributed by atoms with Crippen molar-refractivity contribution in [2.24, 2.45) is 7.05 Å². The van der Waals surface area contributed by atoms with Gasteiger partial charge in [0, 0.05) is 18.8 Å². The molecule has 1 aromatic heterocycles. The van der Waals surface area contributed by atoms with E-state index in [-0.39, 0.29) is 0 Å². The number of aromatic nitrogens is 2. The van der Waals surface area contributed by atoms with Crippen LogP contribution in [0, 0.1) is 11.3 Å². The number of halogens is 3. The second kappa shape index (κ2) is 4.77. The molecule has 7 heteroatoms. The summed E-state index contributed by atoms with van der Waals surface area (Å²) in [7, 11) is 1.69. The normalized spacial score (nSPS) is 16.1. The first-order chi connectivity index (χ1) is 10.4. The fourth-order valence-corrected chi connectivity index (χ4v) is 2.44. The molecule has 114 valence electrons. The van der Waals surface area contributed by atoms with Gasteiger partial charge in [-0.3, -0.25) is 4.68 Å². The van der Waals surface area contributed by atoms with E-state index >= 15 is 0 Å². The molecule has 0 spiro atoms. The summed E-state index contributed by atoms with van der Waals surface area (Å²) >= 11 is 0. The molecule has 1 N–H and O–H groups in total. The number of alkyl halides is 3. The van der Waals surface area contributed by atoms with Gasteiger partial charge in [-0.2, -0.15) is 23.5 Å².